The summed E-state index contributed by atoms with van der Waals surface area (Å²) >= 11 is 3.97. The van der Waals surface area contributed by atoms with Gasteiger partial charge in [0.25, 0.3) is 0 Å². The predicted octanol–water partition coefficient (Wildman–Crippen LogP) is -1.89. The van der Waals surface area contributed by atoms with Crippen LogP contribution in [-0.2, 0) is 38.8 Å². The Morgan fingerprint density at radius 3 is 2.38 bits per heavy atom. The number of phosphoric ester groups is 1. The second-order valence-electron chi connectivity index (χ2n) is 6.02. The number of imidazole rings is 1. The maximum Gasteiger partial charge on any atom is 0.488 e. The van der Waals surface area contributed by atoms with E-state index in [4.69, 9.17) is 20.3 Å². The minimum Gasteiger partial charge on any atom is -0.387 e. The first kappa shape index (κ1) is 27.9. The van der Waals surface area contributed by atoms with Gasteiger partial charge in [-0.2, -0.15) is 4.31 Å². The summed E-state index contributed by atoms with van der Waals surface area (Å²) in [5.41, 5.74) is 6.05. The van der Waals surface area contributed by atoms with Gasteiger partial charge in [-0.05, 0) is 11.8 Å². The van der Waals surface area contributed by atoms with Crippen LogP contribution in [0.25, 0.3) is 11.2 Å². The number of aliphatic hydroxyl groups excluding tert-OH is 2. The third-order valence-electron chi connectivity index (χ3n) is 3.82. The molecule has 8 N–H and O–H groups in total. The van der Waals surface area contributed by atoms with Gasteiger partial charge in [0.05, 0.1) is 12.9 Å². The Labute approximate surface area is 195 Å². The maximum atomic E-state index is 11.9. The van der Waals surface area contributed by atoms with Crippen LogP contribution >= 0.6 is 22.4 Å². The van der Waals surface area contributed by atoms with Gasteiger partial charge in [0.1, 0.15) is 30.2 Å². The number of rotatable bonds is 8. The van der Waals surface area contributed by atoms with Gasteiger partial charge in [0.15, 0.2) is 17.7 Å². The summed E-state index contributed by atoms with van der Waals surface area (Å²) in [7, 11) is -10.8. The summed E-state index contributed by atoms with van der Waals surface area (Å²) in [6, 6.07) is 0. The second-order valence-corrected chi connectivity index (χ2v) is 11.9. The Morgan fingerprint density at radius 2 is 1.75 bits per heavy atom. The fourth-order valence-electron chi connectivity index (χ4n) is 2.62. The zero-order valence-electron chi connectivity index (χ0n) is 15.9. The van der Waals surface area contributed by atoms with E-state index < -0.39 is 53.5 Å². The molecule has 22 heteroatoms. The van der Waals surface area contributed by atoms with E-state index in [2.05, 4.69) is 39.9 Å². The number of aliphatic hydroxyl groups is 2. The van der Waals surface area contributed by atoms with Crippen molar-refractivity contribution in [3.05, 3.63) is 12.7 Å². The number of nitrogen functional groups attached to an aromatic ring is 1. The normalized spacial score (nSPS) is 27.6. The molecule has 2 aromatic heterocycles. The molecule has 1 saturated heterocycles. The average Bonchev–Trinajstić information content (AvgIpc) is 3.13. The van der Waals surface area contributed by atoms with Crippen LogP contribution in [-0.4, -0.2) is 93.1 Å². The van der Waals surface area contributed by atoms with Crippen LogP contribution in [0.3, 0.4) is 0 Å². The molecule has 3 rings (SSSR count). The zero-order valence-corrected chi connectivity index (χ0v) is 19.4. The Bertz CT molecular complexity index is 1120. The van der Waals surface area contributed by atoms with Gasteiger partial charge < -0.3 is 40.3 Å². The summed E-state index contributed by atoms with van der Waals surface area (Å²) in [4.78, 5) is 48.2. The minimum absolute atomic E-state index is 0. The van der Waals surface area contributed by atoms with E-state index in [1.807, 2.05) is 0 Å². The number of anilines is 1. The molecule has 0 saturated carbocycles. The van der Waals surface area contributed by atoms with E-state index in [0.717, 1.165) is 6.33 Å². The maximum absolute atomic E-state index is 11.9. The van der Waals surface area contributed by atoms with Crippen LogP contribution in [0.15, 0.2) is 12.7 Å². The monoisotopic (exact) mass is 530 g/mol. The van der Waals surface area contributed by atoms with Gasteiger partial charge in [-0.25, -0.2) is 28.4 Å². The topological polar surface area (TPSA) is 262 Å². The molecule has 0 aliphatic carbocycles. The molecule has 0 spiro atoms. The van der Waals surface area contributed by atoms with Crippen molar-refractivity contribution in [2.75, 3.05) is 12.3 Å². The van der Waals surface area contributed by atoms with E-state index in [1.165, 1.54) is 10.9 Å². The number of nitrogens with two attached hydrogens (primary N) is 1. The van der Waals surface area contributed by atoms with Crippen LogP contribution in [0.2, 0.25) is 0 Å². The second kappa shape index (κ2) is 10.1. The predicted molar refractivity (Wildman–Crippen MR) is 108 cm³/mol. The van der Waals surface area contributed by atoms with Crippen molar-refractivity contribution in [1.29, 1.82) is 0 Å². The molecule has 1 fully saturated rings. The molecule has 1 aliphatic heterocycles. The third-order valence-corrected chi connectivity index (χ3v) is 8.22. The number of nitrogens with zero attached hydrogens (tertiary/aromatic N) is 4. The first-order chi connectivity index (χ1) is 14.2. The van der Waals surface area contributed by atoms with E-state index in [9.17, 15) is 29.1 Å². The van der Waals surface area contributed by atoms with Gasteiger partial charge >= 0.3 is 22.4 Å². The Hall–Kier alpha value is -0.343. The molecular weight excluding hydrogens is 514 g/mol. The molecule has 6 unspecified atom stereocenters. The number of hydrogen-bond acceptors (Lipinski definition) is 13. The van der Waals surface area contributed by atoms with E-state index in [0.29, 0.717) is 0 Å². The number of ether oxygens (including phenoxy) is 1. The van der Waals surface area contributed by atoms with Crippen LogP contribution < -0.4 is 5.73 Å². The molecule has 175 valence electrons. The summed E-state index contributed by atoms with van der Waals surface area (Å²) < 4.78 is 42.1. The van der Waals surface area contributed by atoms with Crippen molar-refractivity contribution < 1.29 is 56.8 Å². The van der Waals surface area contributed by atoms with Crippen LogP contribution in [0.1, 0.15) is 6.23 Å². The molecule has 6 atom stereocenters. The summed E-state index contributed by atoms with van der Waals surface area (Å²) in [6.07, 6.45) is -3.53. The third kappa shape index (κ3) is 6.62. The first-order valence-corrected chi connectivity index (χ1v) is 13.5. The number of fused-ring (bicyclic) bond motifs is 1. The Morgan fingerprint density at radius 1 is 1.09 bits per heavy atom. The minimum atomic E-state index is -5.49. The van der Waals surface area contributed by atoms with Crippen molar-refractivity contribution in [1.82, 2.24) is 19.5 Å². The van der Waals surface area contributed by atoms with E-state index in [-0.39, 0.29) is 35.8 Å². The van der Waals surface area contributed by atoms with Gasteiger partial charge in [-0.15, -0.1) is 0 Å². The number of hydrogen-bond donors (Lipinski definition) is 7. The number of aromatic nitrogens is 4. The zero-order chi connectivity index (χ0) is 23.2. The molecule has 3 heterocycles. The Balaban J connectivity index is 0.00000363. The molecule has 0 aromatic carbocycles. The molecule has 1 aliphatic rings. The number of phosphoric acid groups is 2. The van der Waals surface area contributed by atoms with Gasteiger partial charge in [-0.1, -0.05) is 0 Å². The van der Waals surface area contributed by atoms with Gasteiger partial charge in [0.2, 0.25) is 0 Å². The quantitative estimate of drug-likeness (QED) is 0.145. The molecule has 17 nitrogen and oxygen atoms in total. The van der Waals surface area contributed by atoms with Crippen molar-refractivity contribution in [2.24, 2.45) is 0 Å². The van der Waals surface area contributed by atoms with E-state index >= 15 is 0 Å². The summed E-state index contributed by atoms with van der Waals surface area (Å²) in [5.74, 6) is 0.0574. The Kier molecular flexibility index (Phi) is 8.81. The van der Waals surface area contributed by atoms with Crippen molar-refractivity contribution >= 4 is 70.0 Å². The van der Waals surface area contributed by atoms with Crippen LogP contribution in [0.4, 0.5) is 5.82 Å². The molecular formula is C10H16LiN5O12P3S. The fraction of sp³-hybridized carbons (Fsp3) is 0.500. The van der Waals surface area contributed by atoms with Crippen molar-refractivity contribution in [3.63, 3.8) is 0 Å². The standard InChI is InChI=1S/C10H16N5O12P3S.Li/c11-8-5-9(13-2-12-8)15(3-14-5)10-7(17)6(16)4(25-10)1-24-28(18,19)26-29(20,21)27-30(22,23)31;/h2-4,6-7,10,16-17H,1H2,(H,18,19)(H,20,21)(H2,11,12,13)(H2,22,23,31);. The van der Waals surface area contributed by atoms with Gasteiger partial charge in [-0.3, -0.25) is 9.09 Å². The summed E-state index contributed by atoms with van der Waals surface area (Å²) in [5, 5.41) is 20.5. The SMILES string of the molecule is Nc1ncnc2c1ncn2C1OC(COP(=O)(O)OP(=O)(O)OP(O)(O)=S)C(O)C1O.[Li]. The van der Waals surface area contributed by atoms with Crippen molar-refractivity contribution in [2.45, 2.75) is 24.5 Å². The molecule has 2 aromatic rings. The largest absolute Gasteiger partial charge is 0.488 e. The van der Waals surface area contributed by atoms with Crippen LogP contribution in [0.5, 0.6) is 0 Å². The smallest absolute Gasteiger partial charge is 0.387 e. The van der Waals surface area contributed by atoms with Gasteiger partial charge in [0, 0.05) is 18.9 Å². The first-order valence-electron chi connectivity index (χ1n) is 7.92. The average molecular weight is 530 g/mol. The molecule has 1 radical (unpaired) electrons. The van der Waals surface area contributed by atoms with Crippen LogP contribution in [0, 0.1) is 0 Å². The fourth-order valence-corrected chi connectivity index (χ4v) is 6.41. The molecule has 0 amide bonds. The van der Waals surface area contributed by atoms with Crippen molar-refractivity contribution in [3.8, 4) is 0 Å². The molecule has 32 heavy (non-hydrogen) atoms. The molecule has 0 bridgehead atoms. The van der Waals surface area contributed by atoms with E-state index in [1.54, 1.807) is 0 Å². The summed E-state index contributed by atoms with van der Waals surface area (Å²) in [6.45, 7) is -5.61.